The predicted octanol–water partition coefficient (Wildman–Crippen LogP) is 3.99. The molecule has 0 aliphatic rings. The van der Waals surface area contributed by atoms with Crippen molar-refractivity contribution in [2.45, 2.75) is 0 Å². The van der Waals surface area contributed by atoms with Crippen molar-refractivity contribution in [3.05, 3.63) is 117 Å². The van der Waals surface area contributed by atoms with Crippen molar-refractivity contribution in [1.29, 1.82) is 5.26 Å². The van der Waals surface area contributed by atoms with Crippen LogP contribution in [-0.4, -0.2) is 34.9 Å². The molecule has 9 nitrogen and oxygen atoms in total. The van der Waals surface area contributed by atoms with E-state index in [1.807, 2.05) is 36.4 Å². The Morgan fingerprint density at radius 3 is 2.11 bits per heavy atom. The SMILES string of the molecule is COc1ccc(-c2cc3c(C#N)c(=O)n(-c4ccc(OC)cc4)nc3c(=O)n2/N=C/c2ccccc2)cc1. The van der Waals surface area contributed by atoms with E-state index >= 15 is 0 Å². The van der Waals surface area contributed by atoms with Crippen LogP contribution in [0.4, 0.5) is 0 Å². The minimum atomic E-state index is -0.643. The maximum atomic E-state index is 13.8. The van der Waals surface area contributed by atoms with E-state index in [1.165, 1.54) is 11.8 Å². The second-order valence-corrected chi connectivity index (χ2v) is 8.19. The topological polar surface area (TPSA) is 112 Å². The van der Waals surface area contributed by atoms with Gasteiger partial charge in [-0.15, -0.1) is 0 Å². The smallest absolute Gasteiger partial charge is 0.299 e. The molecule has 2 aromatic heterocycles. The normalized spacial score (nSPS) is 11.0. The number of fused-ring (bicyclic) bond motifs is 1. The number of benzene rings is 3. The Morgan fingerprint density at radius 1 is 0.868 bits per heavy atom. The van der Waals surface area contributed by atoms with E-state index in [1.54, 1.807) is 67.9 Å². The molecule has 0 unspecified atom stereocenters. The molecule has 186 valence electrons. The molecule has 0 radical (unpaired) electrons. The minimum Gasteiger partial charge on any atom is -0.497 e. The number of nitrogens with zero attached hydrogens (tertiary/aromatic N) is 5. The summed E-state index contributed by atoms with van der Waals surface area (Å²) in [6, 6.07) is 26.5. The van der Waals surface area contributed by atoms with Crippen molar-refractivity contribution in [1.82, 2.24) is 14.5 Å². The molecule has 5 rings (SSSR count). The Kier molecular flexibility index (Phi) is 6.53. The first kappa shape index (κ1) is 24.2. The van der Waals surface area contributed by atoms with E-state index in [2.05, 4.69) is 10.2 Å². The first-order valence-corrected chi connectivity index (χ1v) is 11.6. The average Bonchev–Trinajstić information content (AvgIpc) is 2.97. The lowest BCUT2D eigenvalue weighted by Gasteiger charge is -2.13. The van der Waals surface area contributed by atoms with Crippen molar-refractivity contribution in [3.8, 4) is 34.5 Å². The summed E-state index contributed by atoms with van der Waals surface area (Å²) in [5.74, 6) is 1.22. The Hall–Kier alpha value is -5.49. The molecule has 5 aromatic rings. The van der Waals surface area contributed by atoms with Crippen LogP contribution in [0.1, 0.15) is 11.1 Å². The molecule has 3 aromatic carbocycles. The highest BCUT2D eigenvalue weighted by molar-refractivity contribution is 5.87. The van der Waals surface area contributed by atoms with Crippen LogP contribution in [0.3, 0.4) is 0 Å². The zero-order valence-corrected chi connectivity index (χ0v) is 20.5. The minimum absolute atomic E-state index is 0.0700. The fraction of sp³-hybridized carbons (Fsp3) is 0.0690. The molecule has 0 atom stereocenters. The zero-order chi connectivity index (χ0) is 26.6. The third-order valence-corrected chi connectivity index (χ3v) is 5.97. The highest BCUT2D eigenvalue weighted by Gasteiger charge is 2.19. The van der Waals surface area contributed by atoms with Gasteiger partial charge in [0.2, 0.25) is 0 Å². The van der Waals surface area contributed by atoms with Crippen LogP contribution in [0.15, 0.2) is 99.6 Å². The summed E-state index contributed by atoms with van der Waals surface area (Å²) in [4.78, 5) is 27.1. The number of aromatic nitrogens is 3. The highest BCUT2D eigenvalue weighted by atomic mass is 16.5. The molecule has 0 saturated carbocycles. The standard InChI is InChI=1S/C29H21N5O4/c1-37-22-12-8-20(9-13-22)26-16-24-25(17-30)28(35)33(21-10-14-23(38-2)15-11-21)32-27(24)29(36)34(26)31-18-19-6-4-3-5-7-19/h3-16,18H,1-2H3/b31-18+. The highest BCUT2D eigenvalue weighted by Crippen LogP contribution is 2.25. The fourth-order valence-corrected chi connectivity index (χ4v) is 4.00. The van der Waals surface area contributed by atoms with Gasteiger partial charge in [-0.1, -0.05) is 30.3 Å². The van der Waals surface area contributed by atoms with E-state index in [-0.39, 0.29) is 16.5 Å². The number of ether oxygens (including phenoxy) is 2. The second-order valence-electron chi connectivity index (χ2n) is 8.19. The largest absolute Gasteiger partial charge is 0.497 e. The Bertz CT molecular complexity index is 1820. The molecule has 0 fully saturated rings. The number of nitriles is 1. The fourth-order valence-electron chi connectivity index (χ4n) is 4.00. The van der Waals surface area contributed by atoms with Gasteiger partial charge >= 0.3 is 0 Å². The first-order chi connectivity index (χ1) is 18.5. The lowest BCUT2D eigenvalue weighted by atomic mass is 10.1. The summed E-state index contributed by atoms with van der Waals surface area (Å²) >= 11 is 0. The Morgan fingerprint density at radius 2 is 1.50 bits per heavy atom. The quantitative estimate of drug-likeness (QED) is 0.324. The summed E-state index contributed by atoms with van der Waals surface area (Å²) in [7, 11) is 3.09. The van der Waals surface area contributed by atoms with Gasteiger partial charge < -0.3 is 9.47 Å². The summed E-state index contributed by atoms with van der Waals surface area (Å²) in [6.45, 7) is 0. The molecule has 0 N–H and O–H groups in total. The zero-order valence-electron chi connectivity index (χ0n) is 20.5. The molecule has 2 heterocycles. The van der Waals surface area contributed by atoms with Crippen LogP contribution in [0, 0.1) is 11.3 Å². The van der Waals surface area contributed by atoms with Crippen LogP contribution in [-0.2, 0) is 0 Å². The van der Waals surface area contributed by atoms with Crippen LogP contribution in [0.2, 0.25) is 0 Å². The monoisotopic (exact) mass is 503 g/mol. The van der Waals surface area contributed by atoms with Gasteiger partial charge in [0.05, 0.1) is 31.8 Å². The molecule has 0 bridgehead atoms. The molecule has 0 aliphatic carbocycles. The van der Waals surface area contributed by atoms with Crippen molar-refractivity contribution in [2.24, 2.45) is 5.10 Å². The first-order valence-electron chi connectivity index (χ1n) is 11.6. The summed E-state index contributed by atoms with van der Waals surface area (Å²) < 4.78 is 12.7. The van der Waals surface area contributed by atoms with Crippen LogP contribution < -0.4 is 20.6 Å². The van der Waals surface area contributed by atoms with Crippen molar-refractivity contribution in [2.75, 3.05) is 14.2 Å². The molecule has 0 saturated heterocycles. The maximum Gasteiger partial charge on any atom is 0.299 e. The molecule has 38 heavy (non-hydrogen) atoms. The second kappa shape index (κ2) is 10.2. The number of pyridine rings is 1. The lowest BCUT2D eigenvalue weighted by Crippen LogP contribution is -2.29. The summed E-state index contributed by atoms with van der Waals surface area (Å²) in [5, 5.41) is 18.9. The van der Waals surface area contributed by atoms with Gasteiger partial charge in [-0.05, 0) is 60.2 Å². The van der Waals surface area contributed by atoms with Crippen molar-refractivity contribution in [3.63, 3.8) is 0 Å². The number of methoxy groups -OCH3 is 2. The molecule has 0 amide bonds. The van der Waals surface area contributed by atoms with Gasteiger partial charge in [-0.2, -0.15) is 24.8 Å². The van der Waals surface area contributed by atoms with E-state index in [4.69, 9.17) is 9.47 Å². The van der Waals surface area contributed by atoms with Gasteiger partial charge in [0.25, 0.3) is 11.1 Å². The van der Waals surface area contributed by atoms with Gasteiger partial charge in [0.1, 0.15) is 23.1 Å². The van der Waals surface area contributed by atoms with E-state index < -0.39 is 11.1 Å². The predicted molar refractivity (Wildman–Crippen MR) is 144 cm³/mol. The molecule has 0 spiro atoms. The molecule has 0 aliphatic heterocycles. The van der Waals surface area contributed by atoms with Gasteiger partial charge in [0, 0.05) is 10.9 Å². The van der Waals surface area contributed by atoms with Crippen molar-refractivity contribution >= 4 is 17.1 Å². The Labute approximate surface area is 217 Å². The third kappa shape index (κ3) is 4.42. The summed E-state index contributed by atoms with van der Waals surface area (Å²) in [5.41, 5.74) is 0.697. The lowest BCUT2D eigenvalue weighted by molar-refractivity contribution is 0.414. The Balaban J connectivity index is 1.81. The molecular formula is C29H21N5O4. The average molecular weight is 504 g/mol. The molecular weight excluding hydrogens is 482 g/mol. The maximum absolute atomic E-state index is 13.8. The third-order valence-electron chi connectivity index (χ3n) is 5.97. The van der Waals surface area contributed by atoms with E-state index in [0.29, 0.717) is 28.4 Å². The van der Waals surface area contributed by atoms with Gasteiger partial charge in [0.15, 0.2) is 5.52 Å². The number of hydrogen-bond donors (Lipinski definition) is 0. The van der Waals surface area contributed by atoms with Crippen molar-refractivity contribution < 1.29 is 9.47 Å². The number of hydrogen-bond acceptors (Lipinski definition) is 7. The van der Waals surface area contributed by atoms with E-state index in [9.17, 15) is 14.9 Å². The number of rotatable bonds is 6. The van der Waals surface area contributed by atoms with E-state index in [0.717, 1.165) is 10.2 Å². The van der Waals surface area contributed by atoms with Gasteiger partial charge in [-0.25, -0.2) is 0 Å². The van der Waals surface area contributed by atoms with Crippen LogP contribution >= 0.6 is 0 Å². The van der Waals surface area contributed by atoms with Crippen LogP contribution in [0.25, 0.3) is 27.8 Å². The van der Waals surface area contributed by atoms with Gasteiger partial charge in [-0.3, -0.25) is 9.59 Å². The van der Waals surface area contributed by atoms with Crippen LogP contribution in [0.5, 0.6) is 11.5 Å². The summed E-state index contributed by atoms with van der Waals surface area (Å²) in [6.07, 6.45) is 1.56. The molecule has 9 heteroatoms.